The lowest BCUT2D eigenvalue weighted by atomic mass is 10.2. The first-order chi connectivity index (χ1) is 16.6. The van der Waals surface area contributed by atoms with Crippen LogP contribution in [0.5, 0.6) is 17.2 Å². The fourth-order valence-corrected chi connectivity index (χ4v) is 4.74. The zero-order chi connectivity index (χ0) is 23.9. The van der Waals surface area contributed by atoms with Crippen molar-refractivity contribution in [1.82, 2.24) is 9.88 Å². The second-order valence-electron chi connectivity index (χ2n) is 7.73. The summed E-state index contributed by atoms with van der Waals surface area (Å²) < 4.78 is 12.4. The molecule has 1 amide bonds. The van der Waals surface area contributed by atoms with Crippen molar-refractivity contribution in [3.05, 3.63) is 78.4 Å². The molecule has 4 aromatic rings. The molecular formula is C27H29N3O3S. The molecule has 0 saturated carbocycles. The Morgan fingerprint density at radius 2 is 1.65 bits per heavy atom. The molecule has 3 aromatic carbocycles. The number of thiazole rings is 1. The highest BCUT2D eigenvalue weighted by atomic mass is 32.1. The fraction of sp³-hybridized carbons (Fsp3) is 0.259. The van der Waals surface area contributed by atoms with Gasteiger partial charge in [-0.25, -0.2) is 4.98 Å². The number of carbonyl (C=O) groups is 1. The highest BCUT2D eigenvalue weighted by Gasteiger charge is 2.23. The van der Waals surface area contributed by atoms with Gasteiger partial charge in [0.1, 0.15) is 22.8 Å². The predicted molar refractivity (Wildman–Crippen MR) is 139 cm³/mol. The van der Waals surface area contributed by atoms with E-state index in [0.29, 0.717) is 28.7 Å². The van der Waals surface area contributed by atoms with Crippen LogP contribution in [0.1, 0.15) is 24.2 Å². The molecule has 0 aliphatic heterocycles. The topological polar surface area (TPSA) is 54.9 Å². The number of rotatable bonds is 10. The molecule has 6 nitrogen and oxygen atoms in total. The predicted octanol–water partition coefficient (Wildman–Crippen LogP) is 6.09. The van der Waals surface area contributed by atoms with Crippen molar-refractivity contribution >= 4 is 32.6 Å². The van der Waals surface area contributed by atoms with E-state index < -0.39 is 0 Å². The number of amides is 1. The molecule has 7 heteroatoms. The Hall–Kier alpha value is -3.42. The Kier molecular flexibility index (Phi) is 7.77. The number of hydrogen-bond acceptors (Lipinski definition) is 6. The molecule has 0 bridgehead atoms. The lowest BCUT2D eigenvalue weighted by Crippen LogP contribution is -2.38. The number of benzene rings is 3. The van der Waals surface area contributed by atoms with Gasteiger partial charge in [-0.05, 0) is 55.6 Å². The summed E-state index contributed by atoms with van der Waals surface area (Å²) in [5.74, 6) is 1.94. The quantitative estimate of drug-likeness (QED) is 0.278. The first-order valence-electron chi connectivity index (χ1n) is 11.4. The Labute approximate surface area is 204 Å². The van der Waals surface area contributed by atoms with Crippen LogP contribution in [0.2, 0.25) is 0 Å². The number of methoxy groups -OCH3 is 1. The van der Waals surface area contributed by atoms with Crippen molar-refractivity contribution in [2.45, 2.75) is 13.8 Å². The van der Waals surface area contributed by atoms with E-state index in [1.54, 1.807) is 18.1 Å². The van der Waals surface area contributed by atoms with Gasteiger partial charge in [0.15, 0.2) is 5.13 Å². The molecule has 1 aromatic heterocycles. The van der Waals surface area contributed by atoms with E-state index in [9.17, 15) is 4.79 Å². The van der Waals surface area contributed by atoms with Crippen LogP contribution in [0.4, 0.5) is 5.13 Å². The maximum Gasteiger partial charge on any atom is 0.260 e. The van der Waals surface area contributed by atoms with Gasteiger partial charge in [0.25, 0.3) is 5.91 Å². The first kappa shape index (κ1) is 23.7. The summed E-state index contributed by atoms with van der Waals surface area (Å²) in [6, 6.07) is 22.7. The standard InChI is InChI=1S/C27H29N3O3S/c1-4-29(5-2)17-18-30(27-28-25-23(32-3)15-10-16-24(25)34-27)26(31)20-11-9-14-22(19-20)33-21-12-7-6-8-13-21/h6-16,19H,4-5,17-18H2,1-3H3. The minimum atomic E-state index is -0.108. The van der Waals surface area contributed by atoms with Gasteiger partial charge < -0.3 is 14.4 Å². The van der Waals surface area contributed by atoms with Gasteiger partial charge in [-0.2, -0.15) is 0 Å². The van der Waals surface area contributed by atoms with Crippen LogP contribution in [0, 0.1) is 0 Å². The third-order valence-corrected chi connectivity index (χ3v) is 6.70. The van der Waals surface area contributed by atoms with E-state index in [1.807, 2.05) is 66.7 Å². The highest BCUT2D eigenvalue weighted by molar-refractivity contribution is 7.22. The maximum atomic E-state index is 13.8. The van der Waals surface area contributed by atoms with Crippen LogP contribution in [-0.2, 0) is 0 Å². The van der Waals surface area contributed by atoms with Gasteiger partial charge in [-0.3, -0.25) is 9.69 Å². The van der Waals surface area contributed by atoms with Crippen LogP contribution >= 0.6 is 11.3 Å². The number of likely N-dealkylation sites (N-methyl/N-ethyl adjacent to an activating group) is 1. The van der Waals surface area contributed by atoms with Crippen molar-refractivity contribution in [1.29, 1.82) is 0 Å². The van der Waals surface area contributed by atoms with Crippen LogP contribution in [0.3, 0.4) is 0 Å². The largest absolute Gasteiger partial charge is 0.494 e. The second-order valence-corrected chi connectivity index (χ2v) is 8.74. The van der Waals surface area contributed by atoms with E-state index >= 15 is 0 Å². The smallest absolute Gasteiger partial charge is 0.260 e. The molecule has 0 aliphatic rings. The lowest BCUT2D eigenvalue weighted by Gasteiger charge is -2.25. The number of carbonyl (C=O) groups excluding carboxylic acids is 1. The van der Waals surface area contributed by atoms with Crippen LogP contribution in [-0.4, -0.2) is 49.1 Å². The Bertz CT molecular complexity index is 1240. The van der Waals surface area contributed by atoms with Crippen LogP contribution in [0.15, 0.2) is 72.8 Å². The van der Waals surface area contributed by atoms with Crippen molar-refractivity contribution < 1.29 is 14.3 Å². The normalized spacial score (nSPS) is 11.1. The van der Waals surface area contributed by atoms with Crippen molar-refractivity contribution in [3.63, 3.8) is 0 Å². The number of hydrogen-bond donors (Lipinski definition) is 0. The van der Waals surface area contributed by atoms with Gasteiger partial charge >= 0.3 is 0 Å². The summed E-state index contributed by atoms with van der Waals surface area (Å²) in [5.41, 5.74) is 1.32. The summed E-state index contributed by atoms with van der Waals surface area (Å²) in [5, 5.41) is 0.658. The molecule has 4 rings (SSSR count). The zero-order valence-electron chi connectivity index (χ0n) is 19.7. The summed E-state index contributed by atoms with van der Waals surface area (Å²) in [6.45, 7) is 7.39. The zero-order valence-corrected chi connectivity index (χ0v) is 20.5. The van der Waals surface area contributed by atoms with E-state index in [2.05, 4.69) is 18.7 Å². The molecule has 34 heavy (non-hydrogen) atoms. The Balaban J connectivity index is 1.66. The Morgan fingerprint density at radius 3 is 2.38 bits per heavy atom. The minimum Gasteiger partial charge on any atom is -0.494 e. The SMILES string of the molecule is CCN(CC)CCN(C(=O)c1cccc(Oc2ccccc2)c1)c1nc2c(OC)cccc2s1. The van der Waals surface area contributed by atoms with E-state index in [0.717, 1.165) is 35.6 Å². The Morgan fingerprint density at radius 1 is 0.912 bits per heavy atom. The van der Waals surface area contributed by atoms with Gasteiger partial charge in [0.05, 0.1) is 11.8 Å². The number of fused-ring (bicyclic) bond motifs is 1. The molecule has 0 aliphatic carbocycles. The maximum absolute atomic E-state index is 13.8. The molecule has 0 saturated heterocycles. The van der Waals surface area contributed by atoms with Gasteiger partial charge in [0.2, 0.25) is 0 Å². The average molecular weight is 476 g/mol. The van der Waals surface area contributed by atoms with Gasteiger partial charge in [0, 0.05) is 18.7 Å². The first-order valence-corrected chi connectivity index (χ1v) is 12.2. The van der Waals surface area contributed by atoms with Crippen LogP contribution in [0.25, 0.3) is 10.2 Å². The molecular weight excluding hydrogens is 446 g/mol. The molecule has 176 valence electrons. The highest BCUT2D eigenvalue weighted by Crippen LogP contribution is 2.35. The fourth-order valence-electron chi connectivity index (χ4n) is 3.73. The summed E-state index contributed by atoms with van der Waals surface area (Å²) in [6.07, 6.45) is 0. The second kappa shape index (κ2) is 11.1. The summed E-state index contributed by atoms with van der Waals surface area (Å²) >= 11 is 1.50. The van der Waals surface area contributed by atoms with E-state index in [1.165, 1.54) is 11.3 Å². The van der Waals surface area contributed by atoms with Gasteiger partial charge in [-0.1, -0.05) is 55.5 Å². The van der Waals surface area contributed by atoms with Crippen LogP contribution < -0.4 is 14.4 Å². The number of aromatic nitrogens is 1. The van der Waals surface area contributed by atoms with E-state index in [4.69, 9.17) is 14.5 Å². The molecule has 0 radical (unpaired) electrons. The minimum absolute atomic E-state index is 0.108. The molecule has 0 N–H and O–H groups in total. The lowest BCUT2D eigenvalue weighted by molar-refractivity contribution is 0.0983. The molecule has 0 unspecified atom stereocenters. The number of para-hydroxylation sites is 2. The van der Waals surface area contributed by atoms with Gasteiger partial charge in [-0.15, -0.1) is 0 Å². The van der Waals surface area contributed by atoms with Crippen molar-refractivity contribution in [2.24, 2.45) is 0 Å². The average Bonchev–Trinajstić information content (AvgIpc) is 3.31. The molecule has 1 heterocycles. The monoisotopic (exact) mass is 475 g/mol. The number of ether oxygens (including phenoxy) is 2. The summed E-state index contributed by atoms with van der Waals surface area (Å²) in [4.78, 5) is 22.6. The molecule has 0 spiro atoms. The van der Waals surface area contributed by atoms with Crippen molar-refractivity contribution in [2.75, 3.05) is 38.2 Å². The summed E-state index contributed by atoms with van der Waals surface area (Å²) in [7, 11) is 1.63. The third-order valence-electron chi connectivity index (χ3n) is 5.66. The van der Waals surface area contributed by atoms with Crippen molar-refractivity contribution in [3.8, 4) is 17.2 Å². The number of nitrogens with zero attached hydrogens (tertiary/aromatic N) is 3. The molecule has 0 fully saturated rings. The van der Waals surface area contributed by atoms with E-state index in [-0.39, 0.29) is 5.91 Å². The molecule has 0 atom stereocenters. The number of anilines is 1. The third kappa shape index (κ3) is 5.38.